The molecule has 0 aliphatic carbocycles. The van der Waals surface area contributed by atoms with Crippen LogP contribution in [0.1, 0.15) is 40.0 Å². The average Bonchev–Trinajstić information content (AvgIpc) is 3.16. The zero-order chi connectivity index (χ0) is 18.0. The molecule has 0 fully saturated rings. The number of hydrogen-bond acceptors (Lipinski definition) is 6. The Morgan fingerprint density at radius 1 is 1.40 bits per heavy atom. The van der Waals surface area contributed by atoms with Crippen molar-refractivity contribution in [3.8, 4) is 5.75 Å². The summed E-state index contributed by atoms with van der Waals surface area (Å²) in [5.41, 5.74) is 2.52. The second kappa shape index (κ2) is 7.18. The molecule has 0 saturated carbocycles. The third-order valence-corrected chi connectivity index (χ3v) is 4.49. The van der Waals surface area contributed by atoms with E-state index in [-0.39, 0.29) is 23.1 Å². The molecule has 0 atom stereocenters. The highest BCUT2D eigenvalue weighted by Gasteiger charge is 2.28. The van der Waals surface area contributed by atoms with Gasteiger partial charge >= 0.3 is 5.97 Å². The summed E-state index contributed by atoms with van der Waals surface area (Å²) in [6.07, 6.45) is -2.92. The Bertz CT molecular complexity index is 903. The van der Waals surface area contributed by atoms with Crippen LogP contribution < -0.4 is 4.74 Å². The molecule has 3 aromatic rings. The zero-order valence-electron chi connectivity index (χ0n) is 13.5. The lowest BCUT2D eigenvalue weighted by atomic mass is 10.1. The van der Waals surface area contributed by atoms with E-state index in [1.807, 2.05) is 6.92 Å². The quantitative estimate of drug-likeness (QED) is 0.581. The molecule has 0 N–H and O–H groups in total. The molecule has 3 rings (SSSR count). The molecule has 2 heterocycles. The molecule has 1 aromatic carbocycles. The second-order valence-corrected chi connectivity index (χ2v) is 6.11. The number of alkyl halides is 2. The first-order valence-corrected chi connectivity index (χ1v) is 8.42. The van der Waals surface area contributed by atoms with Crippen LogP contribution >= 0.6 is 11.3 Å². The van der Waals surface area contributed by atoms with Crippen LogP contribution in [-0.2, 0) is 11.3 Å². The Kier molecular flexibility index (Phi) is 4.98. The summed E-state index contributed by atoms with van der Waals surface area (Å²) in [5.74, 6) is -1.09. The largest absolute Gasteiger partial charge is 0.488 e. The van der Waals surface area contributed by atoms with E-state index in [4.69, 9.17) is 13.9 Å². The van der Waals surface area contributed by atoms with Crippen LogP contribution in [0.15, 0.2) is 28.1 Å². The molecule has 0 unspecified atom stereocenters. The normalized spacial score (nSPS) is 11.2. The zero-order valence-corrected chi connectivity index (χ0v) is 14.4. The standard InChI is InChI=1S/C17H15F2NO4S/c1-3-22-17(21)14-11-6-10(23-7-13-9(2)20-8-25-13)4-5-12(11)24-15(14)16(18)19/h4-6,8,16H,3,7H2,1-2H3. The van der Waals surface area contributed by atoms with Crippen LogP contribution in [0, 0.1) is 6.92 Å². The molecule has 0 aliphatic rings. The van der Waals surface area contributed by atoms with Crippen molar-refractivity contribution in [1.29, 1.82) is 0 Å². The number of ether oxygens (including phenoxy) is 2. The van der Waals surface area contributed by atoms with Crippen molar-refractivity contribution >= 4 is 28.3 Å². The van der Waals surface area contributed by atoms with Gasteiger partial charge in [-0.15, -0.1) is 11.3 Å². The number of esters is 1. The lowest BCUT2D eigenvalue weighted by Gasteiger charge is -2.06. The minimum absolute atomic E-state index is 0.0784. The van der Waals surface area contributed by atoms with Gasteiger partial charge in [-0.1, -0.05) is 0 Å². The van der Waals surface area contributed by atoms with E-state index in [9.17, 15) is 13.6 Å². The van der Waals surface area contributed by atoms with Gasteiger partial charge in [0.1, 0.15) is 23.5 Å². The first-order valence-electron chi connectivity index (χ1n) is 7.54. The summed E-state index contributed by atoms with van der Waals surface area (Å²) in [4.78, 5) is 17.2. The van der Waals surface area contributed by atoms with Gasteiger partial charge in [-0.25, -0.2) is 18.6 Å². The van der Waals surface area contributed by atoms with E-state index >= 15 is 0 Å². The molecule has 2 aromatic heterocycles. The summed E-state index contributed by atoms with van der Waals surface area (Å²) in [6.45, 7) is 3.86. The lowest BCUT2D eigenvalue weighted by molar-refractivity contribution is 0.0509. The summed E-state index contributed by atoms with van der Waals surface area (Å²) >= 11 is 1.47. The van der Waals surface area contributed by atoms with Gasteiger partial charge in [0, 0.05) is 5.39 Å². The van der Waals surface area contributed by atoms with Gasteiger partial charge in [0.05, 0.1) is 22.7 Å². The maximum Gasteiger partial charge on any atom is 0.342 e. The number of hydrogen-bond donors (Lipinski definition) is 0. The maximum absolute atomic E-state index is 13.2. The van der Waals surface area contributed by atoms with Gasteiger partial charge in [0.25, 0.3) is 6.43 Å². The van der Waals surface area contributed by atoms with Gasteiger partial charge in [-0.3, -0.25) is 0 Å². The first kappa shape index (κ1) is 17.3. The molecule has 5 nitrogen and oxygen atoms in total. The van der Waals surface area contributed by atoms with Crippen LogP contribution in [0.3, 0.4) is 0 Å². The summed E-state index contributed by atoms with van der Waals surface area (Å²) < 4.78 is 42.1. The van der Waals surface area contributed by atoms with E-state index in [0.717, 1.165) is 10.6 Å². The highest BCUT2D eigenvalue weighted by Crippen LogP contribution is 2.35. The predicted molar refractivity (Wildman–Crippen MR) is 88.3 cm³/mol. The fourth-order valence-electron chi connectivity index (χ4n) is 2.37. The molecule has 0 bridgehead atoms. The fraction of sp³-hybridized carbons (Fsp3) is 0.294. The number of aromatic nitrogens is 1. The summed E-state index contributed by atoms with van der Waals surface area (Å²) in [7, 11) is 0. The van der Waals surface area contributed by atoms with E-state index in [0.29, 0.717) is 12.4 Å². The number of carbonyl (C=O) groups excluding carboxylic acids is 1. The van der Waals surface area contributed by atoms with Gasteiger partial charge in [0.15, 0.2) is 5.76 Å². The highest BCUT2D eigenvalue weighted by atomic mass is 32.1. The fourth-order valence-corrected chi connectivity index (χ4v) is 3.05. The van der Waals surface area contributed by atoms with Crippen molar-refractivity contribution in [2.45, 2.75) is 26.9 Å². The third kappa shape index (κ3) is 3.48. The smallest absolute Gasteiger partial charge is 0.342 e. The van der Waals surface area contributed by atoms with Crippen molar-refractivity contribution in [3.05, 3.63) is 45.6 Å². The van der Waals surface area contributed by atoms with E-state index in [2.05, 4.69) is 4.98 Å². The number of fused-ring (bicyclic) bond motifs is 1. The molecular weight excluding hydrogens is 352 g/mol. The van der Waals surface area contributed by atoms with Crippen LogP contribution in [-0.4, -0.2) is 17.6 Å². The molecule has 0 amide bonds. The molecule has 8 heteroatoms. The number of furan rings is 1. The Labute approximate surface area is 146 Å². The van der Waals surface area contributed by atoms with Crippen molar-refractivity contribution in [1.82, 2.24) is 4.98 Å². The highest BCUT2D eigenvalue weighted by molar-refractivity contribution is 7.09. The monoisotopic (exact) mass is 367 g/mol. The SMILES string of the molecule is CCOC(=O)c1c(C(F)F)oc2ccc(OCc3scnc3C)cc12. The van der Waals surface area contributed by atoms with Crippen LogP contribution in [0.4, 0.5) is 8.78 Å². The van der Waals surface area contributed by atoms with Gasteiger partial charge in [-0.2, -0.15) is 0 Å². The molecule has 0 spiro atoms. The number of rotatable bonds is 6. The third-order valence-electron chi connectivity index (χ3n) is 3.58. The van der Waals surface area contributed by atoms with E-state index < -0.39 is 18.2 Å². The lowest BCUT2D eigenvalue weighted by Crippen LogP contribution is -2.07. The number of halogens is 2. The van der Waals surface area contributed by atoms with Crippen LogP contribution in [0.5, 0.6) is 5.75 Å². The Morgan fingerprint density at radius 3 is 2.84 bits per heavy atom. The average molecular weight is 367 g/mol. The molecule has 0 radical (unpaired) electrons. The van der Waals surface area contributed by atoms with Crippen molar-refractivity contribution in [3.63, 3.8) is 0 Å². The number of aryl methyl sites for hydroxylation is 1. The summed E-state index contributed by atoms with van der Waals surface area (Å²) in [6, 6.07) is 4.61. The van der Waals surface area contributed by atoms with Crippen molar-refractivity contribution in [2.75, 3.05) is 6.61 Å². The maximum atomic E-state index is 13.2. The molecular formula is C17H15F2NO4S. The minimum Gasteiger partial charge on any atom is -0.488 e. The second-order valence-electron chi connectivity index (χ2n) is 5.17. The Balaban J connectivity index is 1.96. The number of thiazole rings is 1. The topological polar surface area (TPSA) is 61.6 Å². The van der Waals surface area contributed by atoms with E-state index in [1.165, 1.54) is 23.5 Å². The minimum atomic E-state index is -2.92. The molecule has 132 valence electrons. The first-order chi connectivity index (χ1) is 12.0. The molecule has 0 saturated heterocycles. The number of benzene rings is 1. The van der Waals surface area contributed by atoms with Crippen molar-refractivity contribution < 1.29 is 27.5 Å². The number of nitrogens with zero attached hydrogens (tertiary/aromatic N) is 1. The van der Waals surface area contributed by atoms with Gasteiger partial charge in [0.2, 0.25) is 0 Å². The van der Waals surface area contributed by atoms with E-state index in [1.54, 1.807) is 18.5 Å². The molecule has 0 aliphatic heterocycles. The Morgan fingerprint density at radius 2 is 2.20 bits per heavy atom. The Hall–Kier alpha value is -2.48. The van der Waals surface area contributed by atoms with Crippen molar-refractivity contribution in [2.24, 2.45) is 0 Å². The van der Waals surface area contributed by atoms with Gasteiger partial charge < -0.3 is 13.9 Å². The molecule has 25 heavy (non-hydrogen) atoms. The number of carbonyl (C=O) groups is 1. The predicted octanol–water partition coefficient (Wildman–Crippen LogP) is 4.89. The van der Waals surface area contributed by atoms with Crippen LogP contribution in [0.2, 0.25) is 0 Å². The van der Waals surface area contributed by atoms with Crippen LogP contribution in [0.25, 0.3) is 11.0 Å². The van der Waals surface area contributed by atoms with Gasteiger partial charge in [-0.05, 0) is 32.0 Å². The summed E-state index contributed by atoms with van der Waals surface area (Å²) in [5, 5.41) is 0.243.